The first-order valence-electron chi connectivity index (χ1n) is 5.34. The Morgan fingerprint density at radius 2 is 2.25 bits per heavy atom. The van der Waals surface area contributed by atoms with Crippen molar-refractivity contribution in [3.8, 4) is 10.4 Å². The van der Waals surface area contributed by atoms with Crippen molar-refractivity contribution < 1.29 is 0 Å². The van der Waals surface area contributed by atoms with Crippen LogP contribution in [0.5, 0.6) is 0 Å². The Kier molecular flexibility index (Phi) is 3.24. The molecule has 1 N–H and O–H groups in total. The van der Waals surface area contributed by atoms with Crippen LogP contribution in [0.25, 0.3) is 10.4 Å². The van der Waals surface area contributed by atoms with Gasteiger partial charge in [-0.15, -0.1) is 0 Å². The van der Waals surface area contributed by atoms with Crippen molar-refractivity contribution in [2.45, 2.75) is 13.8 Å². The molecular formula is C11H16N4S. The normalized spacial score (nSPS) is 11.0. The van der Waals surface area contributed by atoms with E-state index in [1.165, 1.54) is 0 Å². The summed E-state index contributed by atoms with van der Waals surface area (Å²) in [6.45, 7) is 5.32. The lowest BCUT2D eigenvalue weighted by molar-refractivity contribution is 0.688. The van der Waals surface area contributed by atoms with E-state index in [-0.39, 0.29) is 0 Å². The molecule has 86 valence electrons. The first-order valence-corrected chi connectivity index (χ1v) is 6.15. The number of aromatic nitrogens is 3. The summed E-state index contributed by atoms with van der Waals surface area (Å²) in [5, 5.41) is 8.45. The van der Waals surface area contributed by atoms with Crippen LogP contribution < -0.4 is 5.32 Å². The van der Waals surface area contributed by atoms with Gasteiger partial charge in [-0.25, -0.2) is 4.98 Å². The molecule has 0 amide bonds. The van der Waals surface area contributed by atoms with E-state index in [9.17, 15) is 0 Å². The van der Waals surface area contributed by atoms with Gasteiger partial charge in [0.1, 0.15) is 0 Å². The predicted molar refractivity (Wildman–Crippen MR) is 67.6 cm³/mol. The van der Waals surface area contributed by atoms with Gasteiger partial charge in [0, 0.05) is 31.5 Å². The number of anilines is 1. The van der Waals surface area contributed by atoms with Crippen molar-refractivity contribution in [3.63, 3.8) is 0 Å². The largest absolute Gasteiger partial charge is 0.361 e. The van der Waals surface area contributed by atoms with Crippen molar-refractivity contribution in [3.05, 3.63) is 18.6 Å². The fourth-order valence-electron chi connectivity index (χ4n) is 1.33. The lowest BCUT2D eigenvalue weighted by Crippen LogP contribution is -2.07. The van der Waals surface area contributed by atoms with E-state index in [2.05, 4.69) is 29.2 Å². The van der Waals surface area contributed by atoms with Crippen molar-refractivity contribution >= 4 is 16.5 Å². The third-order valence-electron chi connectivity index (χ3n) is 2.16. The molecule has 2 heterocycles. The van der Waals surface area contributed by atoms with E-state index in [1.807, 2.05) is 25.6 Å². The van der Waals surface area contributed by atoms with E-state index in [4.69, 9.17) is 0 Å². The minimum Gasteiger partial charge on any atom is -0.361 e. The summed E-state index contributed by atoms with van der Waals surface area (Å²) in [6.07, 6.45) is 5.75. The predicted octanol–water partition coefficient (Wildman–Crippen LogP) is 2.61. The van der Waals surface area contributed by atoms with Crippen LogP contribution in [-0.4, -0.2) is 21.3 Å². The molecule has 0 spiro atoms. The summed E-state index contributed by atoms with van der Waals surface area (Å²) in [7, 11) is 1.92. The molecule has 2 aromatic heterocycles. The number of nitrogens with zero attached hydrogens (tertiary/aromatic N) is 3. The van der Waals surface area contributed by atoms with Crippen LogP contribution >= 0.6 is 11.3 Å². The van der Waals surface area contributed by atoms with Gasteiger partial charge in [0.05, 0.1) is 11.1 Å². The van der Waals surface area contributed by atoms with E-state index in [0.29, 0.717) is 5.92 Å². The summed E-state index contributed by atoms with van der Waals surface area (Å²) in [4.78, 5) is 5.50. The number of rotatable bonds is 4. The van der Waals surface area contributed by atoms with Gasteiger partial charge in [0.15, 0.2) is 5.13 Å². The van der Waals surface area contributed by atoms with Gasteiger partial charge in [-0.2, -0.15) is 5.10 Å². The Balaban J connectivity index is 2.07. The molecule has 0 saturated carbocycles. The van der Waals surface area contributed by atoms with Crippen LogP contribution in [0.2, 0.25) is 0 Å². The number of thiazole rings is 1. The molecule has 0 radical (unpaired) electrons. The summed E-state index contributed by atoms with van der Waals surface area (Å²) < 4.78 is 1.80. The summed E-state index contributed by atoms with van der Waals surface area (Å²) >= 11 is 1.67. The number of hydrogen-bond donors (Lipinski definition) is 1. The summed E-state index contributed by atoms with van der Waals surface area (Å²) in [5.74, 6) is 0.630. The van der Waals surface area contributed by atoms with E-state index < -0.39 is 0 Å². The Morgan fingerprint density at radius 1 is 1.44 bits per heavy atom. The Labute approximate surface area is 99.3 Å². The highest BCUT2D eigenvalue weighted by molar-refractivity contribution is 7.18. The molecule has 0 atom stereocenters. The second kappa shape index (κ2) is 4.65. The first-order chi connectivity index (χ1) is 7.65. The minimum absolute atomic E-state index is 0.630. The van der Waals surface area contributed by atoms with E-state index in [1.54, 1.807) is 16.0 Å². The summed E-state index contributed by atoms with van der Waals surface area (Å²) in [5.41, 5.74) is 1.12. The van der Waals surface area contributed by atoms with E-state index >= 15 is 0 Å². The van der Waals surface area contributed by atoms with Crippen LogP contribution in [0.4, 0.5) is 5.13 Å². The van der Waals surface area contributed by atoms with Crippen molar-refractivity contribution in [2.75, 3.05) is 11.9 Å². The van der Waals surface area contributed by atoms with Crippen molar-refractivity contribution in [1.29, 1.82) is 0 Å². The molecule has 0 fully saturated rings. The SMILES string of the molecule is CC(C)CNc1ncc(-c2cnn(C)c2)s1. The van der Waals surface area contributed by atoms with Crippen LogP contribution in [0.3, 0.4) is 0 Å². The van der Waals surface area contributed by atoms with Crippen LogP contribution in [0, 0.1) is 5.92 Å². The molecule has 0 saturated heterocycles. The van der Waals surface area contributed by atoms with Crippen molar-refractivity contribution in [2.24, 2.45) is 13.0 Å². The molecule has 16 heavy (non-hydrogen) atoms. The second-order valence-corrected chi connectivity index (χ2v) is 5.24. The van der Waals surface area contributed by atoms with Gasteiger partial charge in [-0.3, -0.25) is 4.68 Å². The molecule has 0 bridgehead atoms. The minimum atomic E-state index is 0.630. The van der Waals surface area contributed by atoms with Crippen molar-refractivity contribution in [1.82, 2.24) is 14.8 Å². The second-order valence-electron chi connectivity index (χ2n) is 4.21. The van der Waals surface area contributed by atoms with Gasteiger partial charge < -0.3 is 5.32 Å². The van der Waals surface area contributed by atoms with Crippen LogP contribution in [-0.2, 0) is 7.05 Å². The lowest BCUT2D eigenvalue weighted by Gasteiger charge is -2.04. The molecular weight excluding hydrogens is 220 g/mol. The fraction of sp³-hybridized carbons (Fsp3) is 0.455. The average Bonchev–Trinajstić information content (AvgIpc) is 2.83. The molecule has 5 heteroatoms. The Bertz CT molecular complexity index is 458. The standard InChI is InChI=1S/C11H16N4S/c1-8(2)4-12-11-13-6-10(16-11)9-5-14-15(3)7-9/h5-8H,4H2,1-3H3,(H,12,13). The lowest BCUT2D eigenvalue weighted by atomic mass is 10.2. The zero-order chi connectivity index (χ0) is 11.5. The van der Waals surface area contributed by atoms with Gasteiger partial charge in [0.2, 0.25) is 0 Å². The maximum absolute atomic E-state index is 4.34. The highest BCUT2D eigenvalue weighted by atomic mass is 32.1. The maximum Gasteiger partial charge on any atom is 0.183 e. The molecule has 2 rings (SSSR count). The van der Waals surface area contributed by atoms with Crippen LogP contribution in [0.1, 0.15) is 13.8 Å². The zero-order valence-corrected chi connectivity index (χ0v) is 10.6. The highest BCUT2D eigenvalue weighted by Gasteiger charge is 2.06. The van der Waals surface area contributed by atoms with Gasteiger partial charge in [-0.05, 0) is 5.92 Å². The molecule has 0 aliphatic rings. The molecule has 0 aromatic carbocycles. The Hall–Kier alpha value is -1.36. The molecule has 0 unspecified atom stereocenters. The summed E-state index contributed by atoms with van der Waals surface area (Å²) in [6, 6.07) is 0. The molecule has 2 aromatic rings. The van der Waals surface area contributed by atoms with E-state index in [0.717, 1.165) is 22.1 Å². The first kappa shape index (κ1) is 11.1. The molecule has 4 nitrogen and oxygen atoms in total. The smallest absolute Gasteiger partial charge is 0.183 e. The molecule has 0 aliphatic heterocycles. The van der Waals surface area contributed by atoms with Gasteiger partial charge in [-0.1, -0.05) is 25.2 Å². The quantitative estimate of drug-likeness (QED) is 0.887. The molecule has 0 aliphatic carbocycles. The number of aryl methyl sites for hydroxylation is 1. The number of nitrogens with one attached hydrogen (secondary N) is 1. The zero-order valence-electron chi connectivity index (χ0n) is 9.77. The Morgan fingerprint density at radius 3 is 2.88 bits per heavy atom. The fourth-order valence-corrected chi connectivity index (χ4v) is 2.13. The third kappa shape index (κ3) is 2.61. The van der Waals surface area contributed by atoms with Crippen LogP contribution in [0.15, 0.2) is 18.6 Å². The van der Waals surface area contributed by atoms with Gasteiger partial charge in [0.25, 0.3) is 0 Å². The number of hydrogen-bond acceptors (Lipinski definition) is 4. The third-order valence-corrected chi connectivity index (χ3v) is 3.16. The highest BCUT2D eigenvalue weighted by Crippen LogP contribution is 2.28. The van der Waals surface area contributed by atoms with Gasteiger partial charge >= 0.3 is 0 Å². The topological polar surface area (TPSA) is 42.7 Å². The monoisotopic (exact) mass is 236 g/mol. The maximum atomic E-state index is 4.34. The average molecular weight is 236 g/mol.